The molecule has 174 valence electrons. The summed E-state index contributed by atoms with van der Waals surface area (Å²) in [5, 5.41) is 9.27. The van der Waals surface area contributed by atoms with Gasteiger partial charge >= 0.3 is 16.0 Å². The Balaban J connectivity index is 1.78. The van der Waals surface area contributed by atoms with Gasteiger partial charge in [0.25, 0.3) is 5.09 Å². The number of benzene rings is 1. The van der Waals surface area contributed by atoms with Gasteiger partial charge in [0.2, 0.25) is 0 Å². The molecule has 1 aliphatic carbocycles. The number of ether oxygens (including phenoxy) is 4. The lowest BCUT2D eigenvalue weighted by atomic mass is 10.0. The summed E-state index contributed by atoms with van der Waals surface area (Å²) in [6.07, 6.45) is 11.0. The van der Waals surface area contributed by atoms with Crippen molar-refractivity contribution in [2.24, 2.45) is 0 Å². The summed E-state index contributed by atoms with van der Waals surface area (Å²) in [6, 6.07) is 3.17. The Morgan fingerprint density at radius 2 is 1.94 bits per heavy atom. The van der Waals surface area contributed by atoms with Crippen LogP contribution in [0.2, 0.25) is 0 Å². The van der Waals surface area contributed by atoms with Crippen LogP contribution in [-0.4, -0.2) is 37.7 Å². The summed E-state index contributed by atoms with van der Waals surface area (Å²) in [6.45, 7) is 0. The molecule has 2 aromatic rings. The van der Waals surface area contributed by atoms with E-state index in [2.05, 4.69) is 0 Å². The van der Waals surface area contributed by atoms with Gasteiger partial charge in [0.05, 0.1) is 19.7 Å². The number of rotatable bonds is 8. The standard InChI is InChI=1S/C23H23NO8S/c1-29-19-10-17-16(8-9-22(25)26)12-24(18(17)11-20(19)30-2)33(27,28)23-14-31-13-21(32-23)15-6-4-3-5-7-15/h3-4,6,10-14H,5,7-9H2,1-2H3,(H,25,26). The number of carbonyl (C=O) groups is 1. The van der Waals surface area contributed by atoms with E-state index in [0.29, 0.717) is 40.1 Å². The minimum atomic E-state index is -4.22. The fourth-order valence-corrected chi connectivity index (χ4v) is 4.94. The van der Waals surface area contributed by atoms with Gasteiger partial charge in [0.15, 0.2) is 17.3 Å². The van der Waals surface area contributed by atoms with E-state index >= 15 is 0 Å². The van der Waals surface area contributed by atoms with Crippen molar-refractivity contribution < 1.29 is 37.3 Å². The van der Waals surface area contributed by atoms with Crippen LogP contribution >= 0.6 is 0 Å². The molecule has 1 aromatic heterocycles. The average molecular weight is 474 g/mol. The van der Waals surface area contributed by atoms with Crippen LogP contribution in [0, 0.1) is 0 Å². The van der Waals surface area contributed by atoms with Gasteiger partial charge in [0, 0.05) is 24.1 Å². The van der Waals surface area contributed by atoms with Crippen molar-refractivity contribution in [1.29, 1.82) is 0 Å². The first-order valence-electron chi connectivity index (χ1n) is 10.2. The second kappa shape index (κ2) is 9.07. The maximum atomic E-state index is 13.6. The number of carboxylic acids is 1. The highest BCUT2D eigenvalue weighted by Crippen LogP contribution is 2.37. The number of hydrogen-bond donors (Lipinski definition) is 1. The first-order valence-corrected chi connectivity index (χ1v) is 11.6. The summed E-state index contributed by atoms with van der Waals surface area (Å²) in [7, 11) is -1.31. The van der Waals surface area contributed by atoms with Crippen molar-refractivity contribution in [2.45, 2.75) is 25.7 Å². The summed E-state index contributed by atoms with van der Waals surface area (Å²) in [5.74, 6) is 0.0623. The zero-order valence-corrected chi connectivity index (χ0v) is 18.9. The SMILES string of the molecule is COc1cc2c(CCC(=O)O)cn(S(=O)(=O)C3=COC=C(C4=CC=CCC4)O3)c2cc1OC. The third-order valence-electron chi connectivity index (χ3n) is 5.36. The number of aryl methyl sites for hydroxylation is 1. The van der Waals surface area contributed by atoms with Gasteiger partial charge in [-0.2, -0.15) is 8.42 Å². The molecule has 0 saturated heterocycles. The molecular weight excluding hydrogens is 450 g/mol. The first kappa shape index (κ1) is 22.5. The normalized spacial score (nSPS) is 15.8. The number of hydrogen-bond acceptors (Lipinski definition) is 7. The molecule has 0 unspecified atom stereocenters. The number of fused-ring (bicyclic) bond motifs is 1. The van der Waals surface area contributed by atoms with E-state index in [1.54, 1.807) is 6.07 Å². The Morgan fingerprint density at radius 3 is 2.61 bits per heavy atom. The van der Waals surface area contributed by atoms with Crippen molar-refractivity contribution in [3.63, 3.8) is 0 Å². The van der Waals surface area contributed by atoms with Gasteiger partial charge in [-0.3, -0.25) is 4.79 Å². The van der Waals surface area contributed by atoms with Gasteiger partial charge in [-0.25, -0.2) is 3.97 Å². The first-order chi connectivity index (χ1) is 15.8. The molecule has 0 saturated carbocycles. The van der Waals surface area contributed by atoms with E-state index in [1.165, 1.54) is 32.7 Å². The number of allylic oxidation sites excluding steroid dienone is 4. The fraction of sp³-hybridized carbons (Fsp3) is 0.261. The predicted octanol–water partition coefficient (Wildman–Crippen LogP) is 3.82. The van der Waals surface area contributed by atoms with Crippen LogP contribution in [0.15, 0.2) is 65.5 Å². The van der Waals surface area contributed by atoms with E-state index < -0.39 is 16.0 Å². The molecule has 2 aliphatic rings. The van der Waals surface area contributed by atoms with Crippen LogP contribution in [0.5, 0.6) is 11.5 Å². The molecule has 9 nitrogen and oxygen atoms in total. The minimum absolute atomic E-state index is 0.130. The maximum absolute atomic E-state index is 13.6. The Hall–Kier alpha value is -3.66. The monoisotopic (exact) mass is 473 g/mol. The quantitative estimate of drug-likeness (QED) is 0.616. The molecule has 0 radical (unpaired) electrons. The van der Waals surface area contributed by atoms with Crippen LogP contribution in [0.25, 0.3) is 10.9 Å². The van der Waals surface area contributed by atoms with Crippen LogP contribution in [0.1, 0.15) is 24.8 Å². The molecule has 1 N–H and O–H groups in total. The second-order valence-corrected chi connectivity index (χ2v) is 9.14. The van der Waals surface area contributed by atoms with E-state index in [9.17, 15) is 13.2 Å². The van der Waals surface area contributed by atoms with Gasteiger partial charge < -0.3 is 24.1 Å². The van der Waals surface area contributed by atoms with Crippen molar-refractivity contribution in [1.82, 2.24) is 3.97 Å². The van der Waals surface area contributed by atoms with Gasteiger partial charge in [-0.15, -0.1) is 0 Å². The Morgan fingerprint density at radius 1 is 1.18 bits per heavy atom. The average Bonchev–Trinajstić information content (AvgIpc) is 3.20. The molecule has 1 aromatic carbocycles. The lowest BCUT2D eigenvalue weighted by Crippen LogP contribution is -2.18. The number of aromatic nitrogens is 1. The second-order valence-electron chi connectivity index (χ2n) is 7.39. The zero-order valence-electron chi connectivity index (χ0n) is 18.1. The maximum Gasteiger partial charge on any atom is 0.304 e. The van der Waals surface area contributed by atoms with Crippen molar-refractivity contribution in [2.75, 3.05) is 14.2 Å². The molecule has 33 heavy (non-hydrogen) atoms. The Labute approximate surface area is 190 Å². The molecule has 10 heteroatoms. The number of methoxy groups -OCH3 is 2. The summed E-state index contributed by atoms with van der Waals surface area (Å²) < 4.78 is 49.9. The van der Waals surface area contributed by atoms with Crippen LogP contribution in [-0.2, 0) is 30.7 Å². The van der Waals surface area contributed by atoms with E-state index in [4.69, 9.17) is 24.1 Å². The van der Waals surface area contributed by atoms with Crippen LogP contribution < -0.4 is 9.47 Å². The van der Waals surface area contributed by atoms with Gasteiger partial charge in [0.1, 0.15) is 12.5 Å². The third kappa shape index (κ3) is 4.34. The molecule has 1 aliphatic heterocycles. The highest BCUT2D eigenvalue weighted by molar-refractivity contribution is 7.93. The van der Waals surface area contributed by atoms with Crippen molar-refractivity contribution >= 4 is 26.9 Å². The fourth-order valence-electron chi connectivity index (χ4n) is 3.70. The zero-order chi connectivity index (χ0) is 23.6. The smallest absolute Gasteiger partial charge is 0.304 e. The van der Waals surface area contributed by atoms with E-state index in [0.717, 1.165) is 22.2 Å². The predicted molar refractivity (Wildman–Crippen MR) is 120 cm³/mol. The summed E-state index contributed by atoms with van der Waals surface area (Å²) >= 11 is 0. The largest absolute Gasteiger partial charge is 0.493 e. The molecule has 0 amide bonds. The summed E-state index contributed by atoms with van der Waals surface area (Å²) in [4.78, 5) is 11.1. The Bertz CT molecular complexity index is 1330. The highest BCUT2D eigenvalue weighted by Gasteiger charge is 2.30. The third-order valence-corrected chi connectivity index (χ3v) is 6.87. The molecule has 0 fully saturated rings. The molecule has 0 bridgehead atoms. The van der Waals surface area contributed by atoms with E-state index in [1.807, 2.05) is 18.2 Å². The number of aliphatic carboxylic acids is 1. The Kier molecular flexibility index (Phi) is 6.19. The molecular formula is C23H23NO8S. The topological polar surface area (TPSA) is 113 Å². The summed E-state index contributed by atoms with van der Waals surface area (Å²) in [5.41, 5.74) is 1.66. The molecule has 2 heterocycles. The van der Waals surface area contributed by atoms with Gasteiger partial charge in [-0.05, 0) is 36.5 Å². The van der Waals surface area contributed by atoms with Crippen LogP contribution in [0.4, 0.5) is 0 Å². The van der Waals surface area contributed by atoms with Crippen molar-refractivity contribution in [3.8, 4) is 11.5 Å². The number of carboxylic acid groups (broad SMARTS) is 1. The molecule has 4 rings (SSSR count). The minimum Gasteiger partial charge on any atom is -0.493 e. The molecule has 0 spiro atoms. The molecule has 0 atom stereocenters. The lowest BCUT2D eigenvalue weighted by molar-refractivity contribution is -0.136. The lowest BCUT2D eigenvalue weighted by Gasteiger charge is -2.20. The van der Waals surface area contributed by atoms with Gasteiger partial charge in [-0.1, -0.05) is 18.2 Å². The van der Waals surface area contributed by atoms with Crippen LogP contribution in [0.3, 0.4) is 0 Å². The number of nitrogens with zero attached hydrogens (tertiary/aromatic N) is 1. The van der Waals surface area contributed by atoms with E-state index in [-0.39, 0.29) is 17.9 Å². The van der Waals surface area contributed by atoms with Crippen molar-refractivity contribution in [3.05, 3.63) is 71.1 Å². The highest BCUT2D eigenvalue weighted by atomic mass is 32.2.